The molecule has 0 N–H and O–H groups in total. The SMILES string of the molecule is c1ccc(-c2cc(-c3ccccc3)nc(-c3ccc(-n4c5ccccc5c5cc(-c6ccc7oc8ccccc8c7c6)ccc54)cc3)c2)cc1. The lowest BCUT2D eigenvalue weighted by Crippen LogP contribution is -1.95. The van der Waals surface area contributed by atoms with Crippen LogP contribution in [0.2, 0.25) is 0 Å². The van der Waals surface area contributed by atoms with Crippen LogP contribution >= 0.6 is 0 Å². The van der Waals surface area contributed by atoms with E-state index in [-0.39, 0.29) is 0 Å². The highest BCUT2D eigenvalue weighted by atomic mass is 16.3. The number of aromatic nitrogens is 2. The molecule has 0 aliphatic carbocycles. The fourth-order valence-electron chi connectivity index (χ4n) is 7.35. The minimum Gasteiger partial charge on any atom is -0.456 e. The van der Waals surface area contributed by atoms with Gasteiger partial charge in [-0.25, -0.2) is 4.98 Å². The molecule has 3 heterocycles. The lowest BCUT2D eigenvalue weighted by Gasteiger charge is -2.12. The molecule has 0 fully saturated rings. The van der Waals surface area contributed by atoms with Gasteiger partial charge >= 0.3 is 0 Å². The van der Waals surface area contributed by atoms with Crippen LogP contribution in [0.1, 0.15) is 0 Å². The van der Waals surface area contributed by atoms with E-state index < -0.39 is 0 Å². The van der Waals surface area contributed by atoms with Gasteiger partial charge in [0.05, 0.1) is 22.4 Å². The lowest BCUT2D eigenvalue weighted by molar-refractivity contribution is 0.669. The first-order valence-corrected chi connectivity index (χ1v) is 17.0. The number of hydrogen-bond acceptors (Lipinski definition) is 2. The molecule has 0 amide bonds. The Morgan fingerprint density at radius 1 is 0.340 bits per heavy atom. The quantitative estimate of drug-likeness (QED) is 0.188. The van der Waals surface area contributed by atoms with Crippen LogP contribution < -0.4 is 0 Å². The van der Waals surface area contributed by atoms with Gasteiger partial charge in [-0.05, 0) is 82.9 Å². The molecule has 234 valence electrons. The molecular weight excluding hydrogens is 609 g/mol. The van der Waals surface area contributed by atoms with E-state index in [9.17, 15) is 0 Å². The van der Waals surface area contributed by atoms with Crippen molar-refractivity contribution in [2.45, 2.75) is 0 Å². The standard InChI is InChI=1S/C47H30N2O/c1-3-11-31(12-4-1)36-29-42(32-13-5-2-6-14-32)48-43(30-36)33-19-23-37(24-20-33)49-44-17-9-7-15-38(44)40-27-34(21-25-45(40)49)35-22-26-47-41(28-35)39-16-8-10-18-46(39)50-47/h1-30H. The van der Waals surface area contributed by atoms with Gasteiger partial charge in [0.15, 0.2) is 0 Å². The van der Waals surface area contributed by atoms with Crippen molar-refractivity contribution >= 4 is 43.7 Å². The fourth-order valence-corrected chi connectivity index (χ4v) is 7.35. The summed E-state index contributed by atoms with van der Waals surface area (Å²) in [6.07, 6.45) is 0. The molecule has 3 heteroatoms. The molecule has 10 rings (SSSR count). The van der Waals surface area contributed by atoms with Crippen LogP contribution in [0, 0.1) is 0 Å². The Labute approximate surface area is 289 Å². The molecule has 0 saturated heterocycles. The molecule has 50 heavy (non-hydrogen) atoms. The predicted molar refractivity (Wildman–Crippen MR) is 208 cm³/mol. The molecule has 0 saturated carbocycles. The van der Waals surface area contributed by atoms with Crippen molar-refractivity contribution in [1.82, 2.24) is 9.55 Å². The summed E-state index contributed by atoms with van der Waals surface area (Å²) in [5, 5.41) is 4.74. The van der Waals surface area contributed by atoms with Crippen molar-refractivity contribution in [1.29, 1.82) is 0 Å². The number of furan rings is 1. The molecule has 0 bridgehead atoms. The number of para-hydroxylation sites is 2. The summed E-state index contributed by atoms with van der Waals surface area (Å²) in [4.78, 5) is 5.15. The first kappa shape index (κ1) is 28.3. The molecular formula is C47H30N2O. The minimum absolute atomic E-state index is 0.911. The number of benzene rings is 7. The van der Waals surface area contributed by atoms with Gasteiger partial charge in [0.2, 0.25) is 0 Å². The van der Waals surface area contributed by atoms with Gasteiger partial charge in [-0.2, -0.15) is 0 Å². The van der Waals surface area contributed by atoms with Crippen molar-refractivity contribution in [2.24, 2.45) is 0 Å². The van der Waals surface area contributed by atoms with Gasteiger partial charge in [-0.3, -0.25) is 0 Å². The second-order valence-electron chi connectivity index (χ2n) is 12.8. The summed E-state index contributed by atoms with van der Waals surface area (Å²) in [6.45, 7) is 0. The number of fused-ring (bicyclic) bond motifs is 6. The molecule has 0 unspecified atom stereocenters. The first-order chi connectivity index (χ1) is 24.8. The van der Waals surface area contributed by atoms with E-state index in [0.717, 1.165) is 55.7 Å². The topological polar surface area (TPSA) is 31.0 Å². The average molecular weight is 639 g/mol. The molecule has 0 radical (unpaired) electrons. The van der Waals surface area contributed by atoms with E-state index in [0.29, 0.717) is 0 Å². The number of rotatable bonds is 5. The molecule has 10 aromatic rings. The third-order valence-corrected chi connectivity index (χ3v) is 9.81. The van der Waals surface area contributed by atoms with Gasteiger partial charge in [-0.15, -0.1) is 0 Å². The second kappa shape index (κ2) is 11.5. The predicted octanol–water partition coefficient (Wildman–Crippen LogP) is 12.7. The Bertz CT molecular complexity index is 2790. The Morgan fingerprint density at radius 3 is 1.64 bits per heavy atom. The van der Waals surface area contributed by atoms with Crippen molar-refractivity contribution in [3.05, 3.63) is 182 Å². The van der Waals surface area contributed by atoms with Crippen molar-refractivity contribution < 1.29 is 4.42 Å². The van der Waals surface area contributed by atoms with Gasteiger partial charge in [0, 0.05) is 38.4 Å². The van der Waals surface area contributed by atoms with Crippen LogP contribution in [-0.2, 0) is 0 Å². The number of pyridine rings is 1. The third kappa shape index (κ3) is 4.71. The average Bonchev–Trinajstić information content (AvgIpc) is 3.73. The minimum atomic E-state index is 0.911. The van der Waals surface area contributed by atoms with Crippen molar-refractivity contribution in [3.63, 3.8) is 0 Å². The molecule has 7 aromatic carbocycles. The van der Waals surface area contributed by atoms with E-state index in [1.165, 1.54) is 38.5 Å². The molecule has 0 atom stereocenters. The summed E-state index contributed by atoms with van der Waals surface area (Å²) < 4.78 is 8.47. The Kier molecular flexibility index (Phi) is 6.49. The summed E-state index contributed by atoms with van der Waals surface area (Å²) in [6, 6.07) is 64.4. The van der Waals surface area contributed by atoms with Crippen LogP contribution in [0.3, 0.4) is 0 Å². The van der Waals surface area contributed by atoms with Crippen LogP contribution in [0.5, 0.6) is 0 Å². The Morgan fingerprint density at radius 2 is 0.880 bits per heavy atom. The summed E-state index contributed by atoms with van der Waals surface area (Å²) in [7, 11) is 0. The Balaban J connectivity index is 1.07. The number of nitrogens with zero attached hydrogens (tertiary/aromatic N) is 2. The summed E-state index contributed by atoms with van der Waals surface area (Å²) in [5.41, 5.74) is 14.1. The molecule has 0 aliphatic heterocycles. The fraction of sp³-hybridized carbons (Fsp3) is 0. The molecule has 0 spiro atoms. The zero-order valence-electron chi connectivity index (χ0n) is 27.1. The van der Waals surface area contributed by atoms with Crippen LogP contribution in [0.15, 0.2) is 186 Å². The summed E-state index contributed by atoms with van der Waals surface area (Å²) in [5.74, 6) is 0. The van der Waals surface area contributed by atoms with E-state index in [4.69, 9.17) is 9.40 Å². The first-order valence-electron chi connectivity index (χ1n) is 17.0. The highest BCUT2D eigenvalue weighted by Crippen LogP contribution is 2.38. The number of hydrogen-bond donors (Lipinski definition) is 0. The van der Waals surface area contributed by atoms with E-state index in [1.54, 1.807) is 0 Å². The van der Waals surface area contributed by atoms with Gasteiger partial charge < -0.3 is 8.98 Å². The molecule has 3 aromatic heterocycles. The maximum atomic E-state index is 6.10. The van der Waals surface area contributed by atoms with Gasteiger partial charge in [0.1, 0.15) is 11.2 Å². The molecule has 0 aliphatic rings. The van der Waals surface area contributed by atoms with Gasteiger partial charge in [-0.1, -0.05) is 121 Å². The van der Waals surface area contributed by atoms with Crippen LogP contribution in [0.4, 0.5) is 0 Å². The monoisotopic (exact) mass is 638 g/mol. The highest BCUT2D eigenvalue weighted by molar-refractivity contribution is 6.11. The van der Waals surface area contributed by atoms with Crippen LogP contribution in [-0.4, -0.2) is 9.55 Å². The summed E-state index contributed by atoms with van der Waals surface area (Å²) >= 11 is 0. The maximum Gasteiger partial charge on any atom is 0.135 e. The second-order valence-corrected chi connectivity index (χ2v) is 12.8. The zero-order valence-corrected chi connectivity index (χ0v) is 27.1. The molecule has 3 nitrogen and oxygen atoms in total. The third-order valence-electron chi connectivity index (χ3n) is 9.81. The smallest absolute Gasteiger partial charge is 0.135 e. The van der Waals surface area contributed by atoms with Crippen molar-refractivity contribution in [3.8, 4) is 50.5 Å². The van der Waals surface area contributed by atoms with E-state index >= 15 is 0 Å². The zero-order chi connectivity index (χ0) is 33.0. The maximum absolute atomic E-state index is 6.10. The van der Waals surface area contributed by atoms with Crippen LogP contribution in [0.25, 0.3) is 94.2 Å². The van der Waals surface area contributed by atoms with Crippen molar-refractivity contribution in [2.75, 3.05) is 0 Å². The normalized spacial score (nSPS) is 11.6. The lowest BCUT2D eigenvalue weighted by atomic mass is 10.00. The van der Waals surface area contributed by atoms with E-state index in [1.807, 2.05) is 18.2 Å². The highest BCUT2D eigenvalue weighted by Gasteiger charge is 2.15. The largest absolute Gasteiger partial charge is 0.456 e. The Hall–Kier alpha value is -6.71. The van der Waals surface area contributed by atoms with E-state index in [2.05, 4.69) is 168 Å². The van der Waals surface area contributed by atoms with Gasteiger partial charge in [0.25, 0.3) is 0 Å².